The number of aliphatic hydroxyl groups excluding tert-OH is 1. The number of hydrogen-bond acceptors (Lipinski definition) is 3. The van der Waals surface area contributed by atoms with E-state index in [9.17, 15) is 0 Å². The van der Waals surface area contributed by atoms with Crippen LogP contribution in [0.25, 0.3) is 0 Å². The summed E-state index contributed by atoms with van der Waals surface area (Å²) in [6.45, 7) is 0.798. The maximum absolute atomic E-state index is 8.94. The van der Waals surface area contributed by atoms with E-state index in [4.69, 9.17) is 9.84 Å². The molecule has 0 bridgehead atoms. The van der Waals surface area contributed by atoms with Crippen LogP contribution in [-0.4, -0.2) is 17.5 Å². The second-order valence-corrected chi connectivity index (χ2v) is 5.33. The van der Waals surface area contributed by atoms with E-state index in [1.807, 2.05) is 42.1 Å². The fourth-order valence-corrected chi connectivity index (χ4v) is 2.49. The Hall–Kier alpha value is -1.45. The zero-order valence-corrected chi connectivity index (χ0v) is 11.6. The molecule has 100 valence electrons. The Bertz CT molecular complexity index is 468. The molecule has 2 nitrogen and oxygen atoms in total. The van der Waals surface area contributed by atoms with Gasteiger partial charge in [0.05, 0.1) is 13.2 Å². The minimum Gasteiger partial charge on any atom is -0.494 e. The molecule has 1 N–H and O–H groups in total. The molecular formula is C16H18O2S. The smallest absolute Gasteiger partial charge is 0.119 e. The molecule has 0 aliphatic carbocycles. The molecule has 19 heavy (non-hydrogen) atoms. The molecule has 3 heteroatoms. The van der Waals surface area contributed by atoms with Gasteiger partial charge in [0.25, 0.3) is 0 Å². The van der Waals surface area contributed by atoms with Crippen molar-refractivity contribution in [1.29, 1.82) is 0 Å². The predicted octanol–water partition coefficient (Wildman–Crippen LogP) is 3.74. The average molecular weight is 274 g/mol. The molecule has 0 aliphatic heterocycles. The van der Waals surface area contributed by atoms with Gasteiger partial charge in [0, 0.05) is 10.6 Å². The molecule has 0 saturated heterocycles. The van der Waals surface area contributed by atoms with Crippen LogP contribution in [-0.2, 0) is 6.61 Å². The minimum atomic E-state index is 0.0774. The van der Waals surface area contributed by atoms with Crippen LogP contribution in [0.1, 0.15) is 12.0 Å². The van der Waals surface area contributed by atoms with Crippen molar-refractivity contribution in [3.63, 3.8) is 0 Å². The zero-order chi connectivity index (χ0) is 13.3. The molecule has 2 aromatic rings. The Morgan fingerprint density at radius 2 is 1.68 bits per heavy atom. The number of aliphatic hydroxyl groups is 1. The summed E-state index contributed by atoms with van der Waals surface area (Å²) in [4.78, 5) is 1.30. The van der Waals surface area contributed by atoms with Gasteiger partial charge in [0.1, 0.15) is 5.75 Å². The van der Waals surface area contributed by atoms with Crippen molar-refractivity contribution >= 4 is 11.8 Å². The summed E-state index contributed by atoms with van der Waals surface area (Å²) in [6.07, 6.45) is 1.02. The summed E-state index contributed by atoms with van der Waals surface area (Å²) in [5.41, 5.74) is 0.909. The van der Waals surface area contributed by atoms with Gasteiger partial charge in [-0.05, 0) is 36.2 Å². The third-order valence-corrected chi connectivity index (χ3v) is 3.77. The third-order valence-electron chi connectivity index (χ3n) is 2.68. The van der Waals surface area contributed by atoms with Crippen LogP contribution < -0.4 is 4.74 Å². The number of thioether (sulfide) groups is 1. The van der Waals surface area contributed by atoms with Crippen LogP contribution in [0.5, 0.6) is 5.75 Å². The molecule has 0 atom stereocenters. The summed E-state index contributed by atoms with van der Waals surface area (Å²) in [5, 5.41) is 8.94. The molecule has 0 radical (unpaired) electrons. The van der Waals surface area contributed by atoms with E-state index in [0.717, 1.165) is 30.1 Å². The molecule has 0 unspecified atom stereocenters. The monoisotopic (exact) mass is 274 g/mol. The standard InChI is InChI=1S/C16H18O2S/c17-13-14-7-9-15(10-8-14)18-11-4-12-19-16-5-2-1-3-6-16/h1-3,5-10,17H,4,11-13H2. The van der Waals surface area contributed by atoms with Crippen LogP contribution in [0.3, 0.4) is 0 Å². The lowest BCUT2D eigenvalue weighted by Gasteiger charge is -2.06. The highest BCUT2D eigenvalue weighted by Gasteiger charge is 1.96. The van der Waals surface area contributed by atoms with Crippen LogP contribution in [0.15, 0.2) is 59.5 Å². The van der Waals surface area contributed by atoms with Crippen LogP contribution in [0.4, 0.5) is 0 Å². The van der Waals surface area contributed by atoms with Gasteiger partial charge in [-0.2, -0.15) is 0 Å². The van der Waals surface area contributed by atoms with E-state index in [0.29, 0.717) is 0 Å². The van der Waals surface area contributed by atoms with Gasteiger partial charge in [-0.1, -0.05) is 30.3 Å². The van der Waals surface area contributed by atoms with Crippen molar-refractivity contribution in [3.8, 4) is 5.75 Å². The molecule has 0 saturated carbocycles. The number of hydrogen-bond donors (Lipinski definition) is 1. The van der Waals surface area contributed by atoms with Crippen LogP contribution >= 0.6 is 11.8 Å². The summed E-state index contributed by atoms with van der Waals surface area (Å²) < 4.78 is 5.65. The van der Waals surface area contributed by atoms with E-state index in [-0.39, 0.29) is 6.61 Å². The number of ether oxygens (including phenoxy) is 1. The lowest BCUT2D eigenvalue weighted by atomic mass is 10.2. The van der Waals surface area contributed by atoms with Gasteiger partial charge < -0.3 is 9.84 Å². The van der Waals surface area contributed by atoms with Crippen molar-refractivity contribution < 1.29 is 9.84 Å². The summed E-state index contributed by atoms with van der Waals surface area (Å²) in [6, 6.07) is 18.0. The molecule has 2 aromatic carbocycles. The van der Waals surface area contributed by atoms with Gasteiger partial charge in [-0.15, -0.1) is 11.8 Å². The van der Waals surface area contributed by atoms with Gasteiger partial charge in [0.15, 0.2) is 0 Å². The minimum absolute atomic E-state index is 0.0774. The van der Waals surface area contributed by atoms with Crippen molar-refractivity contribution in [3.05, 3.63) is 60.2 Å². The fraction of sp³-hybridized carbons (Fsp3) is 0.250. The zero-order valence-electron chi connectivity index (χ0n) is 10.8. The van der Waals surface area contributed by atoms with Crippen molar-refractivity contribution in [2.24, 2.45) is 0 Å². The Morgan fingerprint density at radius 1 is 0.947 bits per heavy atom. The Labute approximate surface area is 118 Å². The van der Waals surface area contributed by atoms with Gasteiger partial charge in [0.2, 0.25) is 0 Å². The third kappa shape index (κ3) is 4.97. The first-order chi connectivity index (χ1) is 9.38. The van der Waals surface area contributed by atoms with Crippen LogP contribution in [0.2, 0.25) is 0 Å². The molecule has 0 heterocycles. The topological polar surface area (TPSA) is 29.5 Å². The van der Waals surface area contributed by atoms with Gasteiger partial charge in [-0.3, -0.25) is 0 Å². The molecular weight excluding hydrogens is 256 g/mol. The van der Waals surface area contributed by atoms with E-state index in [2.05, 4.69) is 24.3 Å². The van der Waals surface area contributed by atoms with E-state index in [1.165, 1.54) is 4.90 Å². The lowest BCUT2D eigenvalue weighted by molar-refractivity contribution is 0.281. The molecule has 0 aliphatic rings. The SMILES string of the molecule is OCc1ccc(OCCCSc2ccccc2)cc1. The van der Waals surface area contributed by atoms with Gasteiger partial charge >= 0.3 is 0 Å². The fourth-order valence-electron chi connectivity index (χ4n) is 1.65. The average Bonchev–Trinajstić information content (AvgIpc) is 2.49. The molecule has 0 fully saturated rings. The first kappa shape index (κ1) is 14.0. The van der Waals surface area contributed by atoms with E-state index >= 15 is 0 Å². The highest BCUT2D eigenvalue weighted by molar-refractivity contribution is 7.99. The van der Waals surface area contributed by atoms with Crippen molar-refractivity contribution in [1.82, 2.24) is 0 Å². The Morgan fingerprint density at radius 3 is 2.37 bits per heavy atom. The van der Waals surface area contributed by atoms with E-state index < -0.39 is 0 Å². The van der Waals surface area contributed by atoms with Crippen LogP contribution in [0, 0.1) is 0 Å². The van der Waals surface area contributed by atoms with E-state index in [1.54, 1.807) is 0 Å². The second-order valence-electron chi connectivity index (χ2n) is 4.17. The molecule has 2 rings (SSSR count). The predicted molar refractivity (Wildman–Crippen MR) is 79.6 cm³/mol. The Kier molecular flexibility index (Phi) is 5.79. The highest BCUT2D eigenvalue weighted by atomic mass is 32.2. The summed E-state index contributed by atoms with van der Waals surface area (Å²) in [5.74, 6) is 1.92. The molecule has 0 aromatic heterocycles. The molecule has 0 amide bonds. The normalized spacial score (nSPS) is 10.4. The Balaban J connectivity index is 1.63. The van der Waals surface area contributed by atoms with Crippen molar-refractivity contribution in [2.45, 2.75) is 17.9 Å². The van der Waals surface area contributed by atoms with Gasteiger partial charge in [-0.25, -0.2) is 0 Å². The quantitative estimate of drug-likeness (QED) is 0.616. The summed E-state index contributed by atoms with van der Waals surface area (Å²) >= 11 is 1.85. The lowest BCUT2D eigenvalue weighted by Crippen LogP contribution is -1.98. The molecule has 0 spiro atoms. The number of benzene rings is 2. The first-order valence-corrected chi connectivity index (χ1v) is 7.37. The second kappa shape index (κ2) is 7.87. The summed E-state index contributed by atoms with van der Waals surface area (Å²) in [7, 11) is 0. The number of rotatable bonds is 7. The largest absolute Gasteiger partial charge is 0.494 e. The first-order valence-electron chi connectivity index (χ1n) is 6.39. The van der Waals surface area contributed by atoms with Crippen molar-refractivity contribution in [2.75, 3.05) is 12.4 Å². The highest BCUT2D eigenvalue weighted by Crippen LogP contribution is 2.18. The maximum Gasteiger partial charge on any atom is 0.119 e. The maximum atomic E-state index is 8.94.